The maximum atomic E-state index is 10.8. The van der Waals surface area contributed by atoms with E-state index in [2.05, 4.69) is 64.2 Å². The highest BCUT2D eigenvalue weighted by Gasteiger charge is 1.94. The van der Waals surface area contributed by atoms with Crippen molar-refractivity contribution in [1.29, 1.82) is 0 Å². The standard InChI is InChI=1S/C22H37NO/c1-18(2)10-7-11-19(3)12-8-13-20(4)14-9-15-21(5)16-17-23-22(6)24/h10,12,14,16H,7-9,11,13,15,17H2,1-6H3,(H,23,24)/b19-12+,20-14+,21-16+. The van der Waals surface area contributed by atoms with Crippen molar-refractivity contribution in [3.63, 3.8) is 0 Å². The lowest BCUT2D eigenvalue weighted by Gasteiger charge is -2.03. The van der Waals surface area contributed by atoms with Gasteiger partial charge in [0.05, 0.1) is 0 Å². The summed E-state index contributed by atoms with van der Waals surface area (Å²) in [7, 11) is 0. The molecule has 0 fully saturated rings. The van der Waals surface area contributed by atoms with E-state index < -0.39 is 0 Å². The summed E-state index contributed by atoms with van der Waals surface area (Å²) in [6, 6.07) is 0. The van der Waals surface area contributed by atoms with Crippen molar-refractivity contribution in [1.82, 2.24) is 5.32 Å². The predicted molar refractivity (Wildman–Crippen MR) is 107 cm³/mol. The minimum Gasteiger partial charge on any atom is -0.353 e. The molecular weight excluding hydrogens is 294 g/mol. The number of hydrogen-bond acceptors (Lipinski definition) is 1. The van der Waals surface area contributed by atoms with Crippen molar-refractivity contribution in [2.75, 3.05) is 6.54 Å². The zero-order valence-electron chi connectivity index (χ0n) is 16.7. The zero-order valence-corrected chi connectivity index (χ0v) is 16.7. The van der Waals surface area contributed by atoms with Crippen molar-refractivity contribution in [2.45, 2.75) is 80.1 Å². The zero-order chi connectivity index (χ0) is 18.4. The van der Waals surface area contributed by atoms with E-state index in [4.69, 9.17) is 0 Å². The molecule has 0 spiro atoms. The Morgan fingerprint density at radius 2 is 1.08 bits per heavy atom. The number of nitrogens with one attached hydrogen (secondary N) is 1. The van der Waals surface area contributed by atoms with E-state index in [9.17, 15) is 4.79 Å². The minimum atomic E-state index is 0.0268. The Bertz CT molecular complexity index is 488. The SMILES string of the molecule is CC(=O)NC/C=C(\C)CC/C=C(\C)CC/C=C(\C)CCC=C(C)C. The molecule has 0 aliphatic carbocycles. The Hall–Kier alpha value is -1.57. The molecule has 0 radical (unpaired) electrons. The summed E-state index contributed by atoms with van der Waals surface area (Å²) in [6.07, 6.45) is 15.9. The molecule has 24 heavy (non-hydrogen) atoms. The summed E-state index contributed by atoms with van der Waals surface area (Å²) < 4.78 is 0. The van der Waals surface area contributed by atoms with E-state index >= 15 is 0 Å². The Labute approximate surface area is 149 Å². The van der Waals surface area contributed by atoms with Gasteiger partial charge in [0.1, 0.15) is 0 Å². The highest BCUT2D eigenvalue weighted by atomic mass is 16.1. The summed E-state index contributed by atoms with van der Waals surface area (Å²) in [5.41, 5.74) is 5.71. The van der Waals surface area contributed by atoms with E-state index in [-0.39, 0.29) is 5.91 Å². The average molecular weight is 332 g/mol. The third-order valence-electron chi connectivity index (χ3n) is 3.96. The lowest BCUT2D eigenvalue weighted by molar-refractivity contribution is -0.118. The maximum Gasteiger partial charge on any atom is 0.217 e. The maximum absolute atomic E-state index is 10.8. The summed E-state index contributed by atoms with van der Waals surface area (Å²) >= 11 is 0. The molecule has 0 aromatic carbocycles. The average Bonchev–Trinajstić information content (AvgIpc) is 2.46. The molecule has 2 nitrogen and oxygen atoms in total. The van der Waals surface area contributed by atoms with Gasteiger partial charge in [0.15, 0.2) is 0 Å². The quantitative estimate of drug-likeness (QED) is 0.444. The molecule has 2 heteroatoms. The number of carbonyl (C=O) groups is 1. The fraction of sp³-hybridized carbons (Fsp3) is 0.591. The van der Waals surface area contributed by atoms with Gasteiger partial charge >= 0.3 is 0 Å². The lowest BCUT2D eigenvalue weighted by atomic mass is 10.0. The van der Waals surface area contributed by atoms with Crippen molar-refractivity contribution in [2.24, 2.45) is 0 Å². The Morgan fingerprint density at radius 3 is 1.50 bits per heavy atom. The van der Waals surface area contributed by atoms with Gasteiger partial charge in [0.25, 0.3) is 0 Å². The van der Waals surface area contributed by atoms with Crippen molar-refractivity contribution in [3.8, 4) is 0 Å². The first kappa shape index (κ1) is 22.4. The van der Waals surface area contributed by atoms with Crippen molar-refractivity contribution >= 4 is 5.91 Å². The van der Waals surface area contributed by atoms with Crippen LogP contribution in [0.5, 0.6) is 0 Å². The van der Waals surface area contributed by atoms with Crippen LogP contribution >= 0.6 is 0 Å². The van der Waals surface area contributed by atoms with Gasteiger partial charge < -0.3 is 5.32 Å². The van der Waals surface area contributed by atoms with Crippen LogP contribution in [0.25, 0.3) is 0 Å². The molecule has 0 saturated carbocycles. The molecule has 0 aromatic rings. The van der Waals surface area contributed by atoms with Crippen LogP contribution in [0, 0.1) is 0 Å². The molecular formula is C22H37NO. The van der Waals surface area contributed by atoms with Gasteiger partial charge in [0, 0.05) is 13.5 Å². The Balaban J connectivity index is 3.98. The molecule has 0 unspecified atom stereocenters. The highest BCUT2D eigenvalue weighted by Crippen LogP contribution is 2.13. The molecule has 0 heterocycles. The Kier molecular flexibility index (Phi) is 12.9. The van der Waals surface area contributed by atoms with E-state index in [1.807, 2.05) is 0 Å². The predicted octanol–water partition coefficient (Wildman–Crippen LogP) is 6.27. The first-order valence-corrected chi connectivity index (χ1v) is 9.16. The minimum absolute atomic E-state index is 0.0268. The van der Waals surface area contributed by atoms with Crippen LogP contribution in [0.3, 0.4) is 0 Å². The topological polar surface area (TPSA) is 29.1 Å². The van der Waals surface area contributed by atoms with Crippen LogP contribution in [0.4, 0.5) is 0 Å². The van der Waals surface area contributed by atoms with Crippen LogP contribution in [0.1, 0.15) is 80.1 Å². The lowest BCUT2D eigenvalue weighted by Crippen LogP contribution is -2.19. The van der Waals surface area contributed by atoms with Gasteiger partial charge in [-0.1, -0.05) is 46.6 Å². The third-order valence-corrected chi connectivity index (χ3v) is 3.96. The van der Waals surface area contributed by atoms with Gasteiger partial charge in [-0.05, 0) is 73.1 Å². The van der Waals surface area contributed by atoms with Crippen LogP contribution in [-0.4, -0.2) is 12.5 Å². The van der Waals surface area contributed by atoms with Crippen LogP contribution in [-0.2, 0) is 4.79 Å². The molecule has 136 valence electrons. The van der Waals surface area contributed by atoms with Crippen LogP contribution in [0.15, 0.2) is 46.6 Å². The van der Waals surface area contributed by atoms with Gasteiger partial charge in [-0.3, -0.25) is 4.79 Å². The summed E-state index contributed by atoms with van der Waals surface area (Å²) in [5, 5.41) is 2.79. The van der Waals surface area contributed by atoms with Gasteiger partial charge in [0.2, 0.25) is 5.91 Å². The molecule has 0 atom stereocenters. The van der Waals surface area contributed by atoms with E-state index in [1.54, 1.807) is 6.92 Å². The molecule has 0 aliphatic heterocycles. The first-order valence-electron chi connectivity index (χ1n) is 9.16. The molecule has 0 saturated heterocycles. The molecule has 0 bridgehead atoms. The number of allylic oxidation sites excluding steroid dienone is 7. The largest absolute Gasteiger partial charge is 0.353 e. The molecule has 1 amide bonds. The number of rotatable bonds is 11. The van der Waals surface area contributed by atoms with E-state index in [0.29, 0.717) is 6.54 Å². The summed E-state index contributed by atoms with van der Waals surface area (Å²) in [6.45, 7) is 13.1. The normalized spacial score (nSPS) is 13.0. The second-order valence-electron chi connectivity index (χ2n) is 6.99. The number of carbonyl (C=O) groups excluding carboxylic acids is 1. The van der Waals surface area contributed by atoms with E-state index in [0.717, 1.165) is 32.1 Å². The van der Waals surface area contributed by atoms with Crippen LogP contribution in [0.2, 0.25) is 0 Å². The summed E-state index contributed by atoms with van der Waals surface area (Å²) in [5.74, 6) is 0.0268. The van der Waals surface area contributed by atoms with Gasteiger partial charge in [-0.25, -0.2) is 0 Å². The smallest absolute Gasteiger partial charge is 0.217 e. The van der Waals surface area contributed by atoms with Gasteiger partial charge in [-0.15, -0.1) is 0 Å². The van der Waals surface area contributed by atoms with Crippen molar-refractivity contribution < 1.29 is 4.79 Å². The fourth-order valence-electron chi connectivity index (χ4n) is 2.36. The second kappa shape index (κ2) is 13.8. The summed E-state index contributed by atoms with van der Waals surface area (Å²) in [4.78, 5) is 10.8. The fourth-order valence-corrected chi connectivity index (χ4v) is 2.36. The Morgan fingerprint density at radius 1 is 0.667 bits per heavy atom. The monoisotopic (exact) mass is 331 g/mol. The third kappa shape index (κ3) is 15.3. The molecule has 1 N–H and O–H groups in total. The number of hydrogen-bond donors (Lipinski definition) is 1. The van der Waals surface area contributed by atoms with Gasteiger partial charge in [-0.2, -0.15) is 0 Å². The first-order chi connectivity index (χ1) is 11.3. The van der Waals surface area contributed by atoms with E-state index in [1.165, 1.54) is 28.7 Å². The highest BCUT2D eigenvalue weighted by molar-refractivity contribution is 5.72. The molecule has 0 aliphatic rings. The second-order valence-corrected chi connectivity index (χ2v) is 6.99. The van der Waals surface area contributed by atoms with Crippen LogP contribution < -0.4 is 5.32 Å². The molecule has 0 aromatic heterocycles. The molecule has 0 rings (SSSR count). The number of amides is 1. The van der Waals surface area contributed by atoms with Crippen molar-refractivity contribution in [3.05, 3.63) is 46.6 Å².